The van der Waals surface area contributed by atoms with Crippen LogP contribution in [0.15, 0.2) is 30.3 Å². The van der Waals surface area contributed by atoms with E-state index in [-0.39, 0.29) is 12.1 Å². The van der Waals surface area contributed by atoms with Gasteiger partial charge in [0.25, 0.3) is 10.2 Å². The standard InChI is InChI=1S/C15H22N2O4S/c1-13-12-21-15(14-5-3-2-4-6-14)11-17(13)22(18,19)16-7-9-20-10-8-16/h2-6,13,15H,7-12H2,1H3/t13-,15+/m0/s1. The van der Waals surface area contributed by atoms with E-state index in [0.29, 0.717) is 39.5 Å². The Balaban J connectivity index is 1.79. The molecule has 1 aromatic rings. The van der Waals surface area contributed by atoms with Crippen molar-refractivity contribution in [2.75, 3.05) is 39.5 Å². The number of hydrogen-bond acceptors (Lipinski definition) is 4. The van der Waals surface area contributed by atoms with Gasteiger partial charge in [0.15, 0.2) is 0 Å². The molecule has 1 aromatic carbocycles. The van der Waals surface area contributed by atoms with Crippen LogP contribution in [0.1, 0.15) is 18.6 Å². The number of benzene rings is 1. The molecule has 2 heterocycles. The first kappa shape index (κ1) is 15.9. The summed E-state index contributed by atoms with van der Waals surface area (Å²) in [6.07, 6.45) is -0.215. The predicted octanol–water partition coefficient (Wildman–Crippen LogP) is 1.03. The second-order valence-corrected chi connectivity index (χ2v) is 7.55. The molecule has 3 rings (SSSR count). The molecule has 122 valence electrons. The van der Waals surface area contributed by atoms with Crippen molar-refractivity contribution in [3.8, 4) is 0 Å². The molecule has 0 aliphatic carbocycles. The normalized spacial score (nSPS) is 28.6. The molecule has 22 heavy (non-hydrogen) atoms. The summed E-state index contributed by atoms with van der Waals surface area (Å²) in [7, 11) is -3.47. The van der Waals surface area contributed by atoms with Crippen molar-refractivity contribution >= 4 is 10.2 Å². The van der Waals surface area contributed by atoms with Crippen LogP contribution in [-0.2, 0) is 19.7 Å². The summed E-state index contributed by atoms with van der Waals surface area (Å²) in [5, 5.41) is 0. The van der Waals surface area contributed by atoms with E-state index in [4.69, 9.17) is 9.47 Å². The number of morpholine rings is 2. The monoisotopic (exact) mass is 326 g/mol. The largest absolute Gasteiger partial charge is 0.379 e. The topological polar surface area (TPSA) is 59.1 Å². The van der Waals surface area contributed by atoms with Gasteiger partial charge in [-0.25, -0.2) is 0 Å². The van der Waals surface area contributed by atoms with Crippen LogP contribution in [0.5, 0.6) is 0 Å². The summed E-state index contributed by atoms with van der Waals surface area (Å²) in [6.45, 7) is 4.40. The molecule has 7 heteroatoms. The Hall–Kier alpha value is -0.990. The lowest BCUT2D eigenvalue weighted by Crippen LogP contribution is -2.55. The van der Waals surface area contributed by atoms with Crippen molar-refractivity contribution in [3.05, 3.63) is 35.9 Å². The van der Waals surface area contributed by atoms with Crippen molar-refractivity contribution in [1.82, 2.24) is 8.61 Å². The minimum absolute atomic E-state index is 0.159. The Bertz CT molecular complexity index is 587. The van der Waals surface area contributed by atoms with E-state index in [1.54, 1.807) is 4.31 Å². The van der Waals surface area contributed by atoms with Gasteiger partial charge in [-0.15, -0.1) is 0 Å². The number of hydrogen-bond donors (Lipinski definition) is 0. The molecule has 0 spiro atoms. The molecule has 0 aromatic heterocycles. The molecule has 2 aliphatic heterocycles. The van der Waals surface area contributed by atoms with Crippen LogP contribution >= 0.6 is 0 Å². The average Bonchev–Trinajstić information content (AvgIpc) is 2.57. The molecule has 0 N–H and O–H groups in total. The molecule has 0 radical (unpaired) electrons. The highest BCUT2D eigenvalue weighted by Crippen LogP contribution is 2.28. The summed E-state index contributed by atoms with van der Waals surface area (Å²) < 4.78 is 39.9. The highest BCUT2D eigenvalue weighted by Gasteiger charge is 2.39. The van der Waals surface area contributed by atoms with Gasteiger partial charge < -0.3 is 9.47 Å². The van der Waals surface area contributed by atoms with Gasteiger partial charge in [0.1, 0.15) is 0 Å². The first-order chi connectivity index (χ1) is 10.6. The summed E-state index contributed by atoms with van der Waals surface area (Å²) in [6, 6.07) is 9.61. The van der Waals surface area contributed by atoms with Gasteiger partial charge in [-0.05, 0) is 12.5 Å². The first-order valence-corrected chi connectivity index (χ1v) is 9.00. The number of rotatable bonds is 3. The first-order valence-electron chi connectivity index (χ1n) is 7.60. The third kappa shape index (κ3) is 3.18. The van der Waals surface area contributed by atoms with Crippen molar-refractivity contribution in [3.63, 3.8) is 0 Å². The molecule has 0 unspecified atom stereocenters. The van der Waals surface area contributed by atoms with Gasteiger partial charge in [0, 0.05) is 25.7 Å². The van der Waals surface area contributed by atoms with E-state index in [1.807, 2.05) is 37.3 Å². The van der Waals surface area contributed by atoms with Crippen LogP contribution in [0.3, 0.4) is 0 Å². The fraction of sp³-hybridized carbons (Fsp3) is 0.600. The van der Waals surface area contributed by atoms with Gasteiger partial charge in [-0.2, -0.15) is 17.0 Å². The van der Waals surface area contributed by atoms with Crippen LogP contribution in [0.2, 0.25) is 0 Å². The Morgan fingerprint density at radius 2 is 1.82 bits per heavy atom. The lowest BCUT2D eigenvalue weighted by molar-refractivity contribution is -0.0321. The second kappa shape index (κ2) is 6.64. The maximum absolute atomic E-state index is 12.9. The van der Waals surface area contributed by atoms with Gasteiger partial charge in [0.2, 0.25) is 0 Å². The number of ether oxygens (including phenoxy) is 2. The van der Waals surface area contributed by atoms with E-state index in [9.17, 15) is 8.42 Å². The molecular weight excluding hydrogens is 304 g/mol. The Morgan fingerprint density at radius 1 is 1.14 bits per heavy atom. The van der Waals surface area contributed by atoms with E-state index in [2.05, 4.69) is 0 Å². The zero-order valence-electron chi connectivity index (χ0n) is 12.7. The smallest absolute Gasteiger partial charge is 0.282 e. The lowest BCUT2D eigenvalue weighted by Gasteiger charge is -2.40. The quantitative estimate of drug-likeness (QED) is 0.832. The summed E-state index contributed by atoms with van der Waals surface area (Å²) in [5.41, 5.74) is 1.01. The Morgan fingerprint density at radius 3 is 2.50 bits per heavy atom. The van der Waals surface area contributed by atoms with Crippen molar-refractivity contribution in [1.29, 1.82) is 0 Å². The summed E-state index contributed by atoms with van der Waals surface area (Å²) >= 11 is 0. The van der Waals surface area contributed by atoms with Gasteiger partial charge in [0.05, 0.1) is 25.9 Å². The third-order valence-corrected chi connectivity index (χ3v) is 6.26. The molecule has 0 bridgehead atoms. The maximum Gasteiger partial charge on any atom is 0.282 e. The van der Waals surface area contributed by atoms with Crippen LogP contribution in [0.25, 0.3) is 0 Å². The van der Waals surface area contributed by atoms with E-state index in [0.717, 1.165) is 5.56 Å². The molecule has 2 aliphatic rings. The van der Waals surface area contributed by atoms with E-state index >= 15 is 0 Å². The SMILES string of the molecule is C[C@H]1CO[C@@H](c2ccccc2)CN1S(=O)(=O)N1CCOCC1. The zero-order valence-corrected chi connectivity index (χ0v) is 13.5. The van der Waals surface area contributed by atoms with E-state index < -0.39 is 10.2 Å². The van der Waals surface area contributed by atoms with Crippen molar-refractivity contribution < 1.29 is 17.9 Å². The molecule has 0 amide bonds. The Labute approximate surface area is 131 Å². The molecular formula is C15H22N2O4S. The highest BCUT2D eigenvalue weighted by molar-refractivity contribution is 7.86. The van der Waals surface area contributed by atoms with Crippen LogP contribution < -0.4 is 0 Å². The summed E-state index contributed by atoms with van der Waals surface area (Å²) in [5.74, 6) is 0. The van der Waals surface area contributed by atoms with E-state index in [1.165, 1.54) is 4.31 Å². The zero-order chi connectivity index (χ0) is 15.6. The number of nitrogens with zero attached hydrogens (tertiary/aromatic N) is 2. The second-order valence-electron chi connectivity index (χ2n) is 5.67. The lowest BCUT2D eigenvalue weighted by atomic mass is 10.1. The molecule has 2 atom stereocenters. The average molecular weight is 326 g/mol. The summed E-state index contributed by atoms with van der Waals surface area (Å²) in [4.78, 5) is 0. The predicted molar refractivity (Wildman–Crippen MR) is 82.6 cm³/mol. The molecule has 0 saturated carbocycles. The van der Waals surface area contributed by atoms with Crippen LogP contribution in [-0.4, -0.2) is 62.5 Å². The maximum atomic E-state index is 12.9. The van der Waals surface area contributed by atoms with Gasteiger partial charge in [-0.3, -0.25) is 0 Å². The minimum Gasteiger partial charge on any atom is -0.379 e. The Kier molecular flexibility index (Phi) is 4.79. The van der Waals surface area contributed by atoms with Crippen molar-refractivity contribution in [2.45, 2.75) is 19.1 Å². The molecule has 2 fully saturated rings. The van der Waals surface area contributed by atoms with Gasteiger partial charge in [-0.1, -0.05) is 30.3 Å². The minimum atomic E-state index is -3.47. The highest BCUT2D eigenvalue weighted by atomic mass is 32.2. The molecule has 6 nitrogen and oxygen atoms in total. The van der Waals surface area contributed by atoms with Crippen LogP contribution in [0.4, 0.5) is 0 Å². The fourth-order valence-corrected chi connectivity index (χ4v) is 4.60. The van der Waals surface area contributed by atoms with Crippen molar-refractivity contribution in [2.24, 2.45) is 0 Å². The molecule has 2 saturated heterocycles. The van der Waals surface area contributed by atoms with Crippen LogP contribution in [0, 0.1) is 0 Å². The van der Waals surface area contributed by atoms with Gasteiger partial charge >= 0.3 is 0 Å². The fourth-order valence-electron chi connectivity index (χ4n) is 2.85. The third-order valence-electron chi connectivity index (χ3n) is 4.14.